The Morgan fingerprint density at radius 2 is 2.28 bits per heavy atom. The van der Waals surface area contributed by atoms with E-state index in [4.69, 9.17) is 0 Å². The van der Waals surface area contributed by atoms with Crippen molar-refractivity contribution in [1.82, 2.24) is 9.78 Å². The number of benzene rings is 1. The van der Waals surface area contributed by atoms with Crippen LogP contribution in [0.3, 0.4) is 0 Å². The SMILES string of the molecule is Cc1ccc(NC(=O)C(C)n2cccn2)cc1F. The van der Waals surface area contributed by atoms with E-state index in [0.717, 1.165) is 0 Å². The van der Waals surface area contributed by atoms with Gasteiger partial charge in [0.25, 0.3) is 0 Å². The molecule has 1 heterocycles. The lowest BCUT2D eigenvalue weighted by Crippen LogP contribution is -2.24. The van der Waals surface area contributed by atoms with Crippen molar-refractivity contribution in [2.24, 2.45) is 0 Å². The molecule has 1 atom stereocenters. The van der Waals surface area contributed by atoms with E-state index < -0.39 is 6.04 Å². The van der Waals surface area contributed by atoms with Gasteiger partial charge in [0.1, 0.15) is 11.9 Å². The van der Waals surface area contributed by atoms with Gasteiger partial charge in [0.2, 0.25) is 5.91 Å². The molecule has 2 aromatic rings. The monoisotopic (exact) mass is 247 g/mol. The fraction of sp³-hybridized carbons (Fsp3) is 0.231. The molecule has 0 fully saturated rings. The van der Waals surface area contributed by atoms with Crippen molar-refractivity contribution in [2.45, 2.75) is 19.9 Å². The maximum Gasteiger partial charge on any atom is 0.248 e. The van der Waals surface area contributed by atoms with Gasteiger partial charge >= 0.3 is 0 Å². The summed E-state index contributed by atoms with van der Waals surface area (Å²) >= 11 is 0. The molecule has 4 nitrogen and oxygen atoms in total. The minimum Gasteiger partial charge on any atom is -0.324 e. The molecule has 1 unspecified atom stereocenters. The van der Waals surface area contributed by atoms with Gasteiger partial charge in [-0.25, -0.2) is 4.39 Å². The van der Waals surface area contributed by atoms with Gasteiger partial charge in [-0.1, -0.05) is 6.07 Å². The topological polar surface area (TPSA) is 46.9 Å². The Morgan fingerprint density at radius 3 is 2.89 bits per heavy atom. The summed E-state index contributed by atoms with van der Waals surface area (Å²) in [7, 11) is 0. The molecule has 0 aliphatic heterocycles. The van der Waals surface area contributed by atoms with E-state index in [1.54, 1.807) is 49.1 Å². The molecule has 5 heteroatoms. The van der Waals surface area contributed by atoms with Crippen molar-refractivity contribution < 1.29 is 9.18 Å². The number of nitrogens with zero attached hydrogens (tertiary/aromatic N) is 2. The number of aryl methyl sites for hydroxylation is 1. The van der Waals surface area contributed by atoms with Gasteiger partial charge in [-0.05, 0) is 37.6 Å². The second-order valence-electron chi connectivity index (χ2n) is 4.12. The first-order chi connectivity index (χ1) is 8.58. The number of rotatable bonds is 3. The van der Waals surface area contributed by atoms with E-state index in [2.05, 4.69) is 10.4 Å². The number of anilines is 1. The van der Waals surface area contributed by atoms with E-state index >= 15 is 0 Å². The third-order valence-corrected chi connectivity index (χ3v) is 2.74. The lowest BCUT2D eigenvalue weighted by atomic mass is 10.2. The summed E-state index contributed by atoms with van der Waals surface area (Å²) in [5, 5.41) is 6.65. The van der Waals surface area contributed by atoms with Gasteiger partial charge in [0, 0.05) is 18.1 Å². The van der Waals surface area contributed by atoms with Crippen LogP contribution in [0.25, 0.3) is 0 Å². The molecule has 0 saturated carbocycles. The normalized spacial score (nSPS) is 12.2. The van der Waals surface area contributed by atoms with Crippen LogP contribution in [0.1, 0.15) is 18.5 Å². The van der Waals surface area contributed by atoms with E-state index in [1.165, 1.54) is 6.07 Å². The molecule has 1 amide bonds. The van der Waals surface area contributed by atoms with Crippen molar-refractivity contribution in [3.05, 3.63) is 48.0 Å². The quantitative estimate of drug-likeness (QED) is 0.906. The number of aromatic nitrogens is 2. The average molecular weight is 247 g/mol. The van der Waals surface area contributed by atoms with Crippen LogP contribution in [0, 0.1) is 12.7 Å². The van der Waals surface area contributed by atoms with Crippen LogP contribution in [0.15, 0.2) is 36.7 Å². The lowest BCUT2D eigenvalue weighted by molar-refractivity contribution is -0.119. The van der Waals surface area contributed by atoms with Crippen LogP contribution in [0.4, 0.5) is 10.1 Å². The zero-order valence-electron chi connectivity index (χ0n) is 10.2. The Labute approximate surface area is 104 Å². The van der Waals surface area contributed by atoms with Crippen LogP contribution in [0.2, 0.25) is 0 Å². The zero-order valence-corrected chi connectivity index (χ0v) is 10.2. The standard InChI is InChI=1S/C13H14FN3O/c1-9-4-5-11(8-12(9)14)16-13(18)10(2)17-7-3-6-15-17/h3-8,10H,1-2H3,(H,16,18). The molecule has 18 heavy (non-hydrogen) atoms. The molecule has 0 saturated heterocycles. The van der Waals surface area contributed by atoms with Crippen molar-refractivity contribution in [3.8, 4) is 0 Å². The molecular weight excluding hydrogens is 233 g/mol. The van der Waals surface area contributed by atoms with Crippen LogP contribution >= 0.6 is 0 Å². The van der Waals surface area contributed by atoms with Gasteiger partial charge < -0.3 is 5.32 Å². The number of hydrogen-bond donors (Lipinski definition) is 1. The summed E-state index contributed by atoms with van der Waals surface area (Å²) in [6, 6.07) is 5.91. The van der Waals surface area contributed by atoms with Crippen LogP contribution in [0.5, 0.6) is 0 Å². The Bertz CT molecular complexity index is 551. The Morgan fingerprint density at radius 1 is 1.50 bits per heavy atom. The summed E-state index contributed by atoms with van der Waals surface area (Å²) in [6.45, 7) is 3.40. The number of amides is 1. The van der Waals surface area contributed by atoms with Crippen LogP contribution in [-0.4, -0.2) is 15.7 Å². The van der Waals surface area contributed by atoms with Gasteiger partial charge in [-0.3, -0.25) is 9.48 Å². The number of halogens is 1. The van der Waals surface area contributed by atoms with Gasteiger partial charge in [0.05, 0.1) is 0 Å². The minimum absolute atomic E-state index is 0.234. The first-order valence-electron chi connectivity index (χ1n) is 5.64. The summed E-state index contributed by atoms with van der Waals surface area (Å²) in [5.41, 5.74) is 0.996. The predicted molar refractivity (Wildman–Crippen MR) is 66.7 cm³/mol. The molecule has 1 aromatic heterocycles. The third-order valence-electron chi connectivity index (χ3n) is 2.74. The average Bonchev–Trinajstić information content (AvgIpc) is 2.86. The summed E-state index contributed by atoms with van der Waals surface area (Å²) in [5.74, 6) is -0.568. The number of carbonyl (C=O) groups excluding carboxylic acids is 1. The van der Waals surface area contributed by atoms with E-state index in [-0.39, 0.29) is 11.7 Å². The van der Waals surface area contributed by atoms with Crippen molar-refractivity contribution in [3.63, 3.8) is 0 Å². The second-order valence-corrected chi connectivity index (χ2v) is 4.12. The fourth-order valence-corrected chi connectivity index (χ4v) is 1.55. The lowest BCUT2D eigenvalue weighted by Gasteiger charge is -2.13. The van der Waals surface area contributed by atoms with Crippen molar-refractivity contribution in [2.75, 3.05) is 5.32 Å². The molecule has 0 spiro atoms. The minimum atomic E-state index is -0.440. The van der Waals surface area contributed by atoms with E-state index in [1.807, 2.05) is 0 Å². The van der Waals surface area contributed by atoms with Gasteiger partial charge in [-0.15, -0.1) is 0 Å². The molecule has 0 aliphatic rings. The highest BCUT2D eigenvalue weighted by Gasteiger charge is 2.15. The first kappa shape index (κ1) is 12.3. The number of nitrogens with one attached hydrogen (secondary N) is 1. The van der Waals surface area contributed by atoms with Crippen molar-refractivity contribution >= 4 is 11.6 Å². The van der Waals surface area contributed by atoms with Gasteiger partial charge in [-0.2, -0.15) is 5.10 Å². The van der Waals surface area contributed by atoms with E-state index in [9.17, 15) is 9.18 Å². The third kappa shape index (κ3) is 2.56. The summed E-state index contributed by atoms with van der Waals surface area (Å²) < 4.78 is 14.9. The van der Waals surface area contributed by atoms with Crippen molar-refractivity contribution in [1.29, 1.82) is 0 Å². The van der Waals surface area contributed by atoms with E-state index in [0.29, 0.717) is 11.3 Å². The number of carbonyl (C=O) groups is 1. The maximum absolute atomic E-state index is 13.3. The smallest absolute Gasteiger partial charge is 0.248 e. The maximum atomic E-state index is 13.3. The highest BCUT2D eigenvalue weighted by atomic mass is 19.1. The highest BCUT2D eigenvalue weighted by molar-refractivity contribution is 5.93. The molecule has 94 valence electrons. The van der Waals surface area contributed by atoms with Crippen LogP contribution in [-0.2, 0) is 4.79 Å². The fourth-order valence-electron chi connectivity index (χ4n) is 1.55. The van der Waals surface area contributed by atoms with Gasteiger partial charge in [0.15, 0.2) is 0 Å². The Kier molecular flexibility index (Phi) is 3.41. The van der Waals surface area contributed by atoms with Crippen LogP contribution < -0.4 is 5.32 Å². The summed E-state index contributed by atoms with van der Waals surface area (Å²) in [6.07, 6.45) is 3.31. The molecule has 0 aliphatic carbocycles. The molecule has 0 radical (unpaired) electrons. The zero-order chi connectivity index (χ0) is 13.1. The summed E-state index contributed by atoms with van der Waals surface area (Å²) in [4.78, 5) is 11.9. The molecule has 0 bridgehead atoms. The predicted octanol–water partition coefficient (Wildman–Crippen LogP) is 2.53. The molecular formula is C13H14FN3O. The highest BCUT2D eigenvalue weighted by Crippen LogP contribution is 2.15. The Hall–Kier alpha value is -2.17. The molecule has 2 rings (SSSR count). The largest absolute Gasteiger partial charge is 0.324 e. The molecule has 1 N–H and O–H groups in total. The molecule has 1 aromatic carbocycles. The number of hydrogen-bond acceptors (Lipinski definition) is 2. The Balaban J connectivity index is 2.09. The first-order valence-corrected chi connectivity index (χ1v) is 5.64. The second kappa shape index (κ2) is 5.00.